The normalized spacial score (nSPS) is 22.2. The summed E-state index contributed by atoms with van der Waals surface area (Å²) in [4.78, 5) is 12.5. The van der Waals surface area contributed by atoms with Gasteiger partial charge in [0.1, 0.15) is 5.75 Å². The van der Waals surface area contributed by atoms with Crippen LogP contribution < -0.4 is 4.74 Å². The van der Waals surface area contributed by atoms with Crippen molar-refractivity contribution in [2.24, 2.45) is 17.3 Å². The molecular weight excluding hydrogens is 408 g/mol. The minimum atomic E-state index is -0.163. The molecule has 22 heavy (non-hydrogen) atoms. The van der Waals surface area contributed by atoms with Crippen LogP contribution in [0.4, 0.5) is 0 Å². The highest BCUT2D eigenvalue weighted by atomic mass is 79.9. The highest BCUT2D eigenvalue weighted by Crippen LogP contribution is 2.60. The van der Waals surface area contributed by atoms with Gasteiger partial charge in [-0.2, -0.15) is 0 Å². The minimum Gasteiger partial charge on any atom is -0.426 e. The topological polar surface area (TPSA) is 26.3 Å². The van der Waals surface area contributed by atoms with Gasteiger partial charge in [0.15, 0.2) is 0 Å². The Hall–Kier alpha value is -1.13. The van der Waals surface area contributed by atoms with Gasteiger partial charge < -0.3 is 4.74 Å². The number of rotatable bonds is 3. The summed E-state index contributed by atoms with van der Waals surface area (Å²) in [6.45, 7) is 4.18. The zero-order valence-corrected chi connectivity index (χ0v) is 15.5. The molecule has 0 unspecified atom stereocenters. The van der Waals surface area contributed by atoms with E-state index < -0.39 is 0 Å². The third kappa shape index (κ3) is 2.86. The van der Waals surface area contributed by atoms with Gasteiger partial charge in [0.25, 0.3) is 0 Å². The second kappa shape index (κ2) is 5.82. The molecule has 0 radical (unpaired) electrons. The molecule has 2 nitrogen and oxygen atoms in total. The molecule has 3 rings (SSSR count). The second-order valence-electron chi connectivity index (χ2n) is 6.18. The van der Waals surface area contributed by atoms with Crippen LogP contribution in [0.25, 0.3) is 10.8 Å². The summed E-state index contributed by atoms with van der Waals surface area (Å²) in [5.41, 5.74) is -0.0749. The fraction of sp³-hybridized carbons (Fsp3) is 0.278. The van der Waals surface area contributed by atoms with Gasteiger partial charge in [0.05, 0.1) is 9.31 Å². The molecule has 2 aromatic rings. The van der Waals surface area contributed by atoms with E-state index in [-0.39, 0.29) is 23.2 Å². The Morgan fingerprint density at radius 2 is 1.82 bits per heavy atom. The fourth-order valence-electron chi connectivity index (χ4n) is 3.03. The highest BCUT2D eigenvalue weighted by Gasteiger charge is 2.61. The Morgan fingerprint density at radius 3 is 2.55 bits per heavy atom. The summed E-state index contributed by atoms with van der Waals surface area (Å²) in [5, 5.41) is 2.04. The molecule has 0 heterocycles. The first kappa shape index (κ1) is 15.8. The molecule has 1 aliphatic carbocycles. The largest absolute Gasteiger partial charge is 0.426 e. The number of allylic oxidation sites excluding steroid dienone is 1. The first-order valence-corrected chi connectivity index (χ1v) is 8.72. The van der Waals surface area contributed by atoms with E-state index >= 15 is 0 Å². The molecule has 0 saturated heterocycles. The summed E-state index contributed by atoms with van der Waals surface area (Å²) in [6.07, 6.45) is 2.02. The predicted molar refractivity (Wildman–Crippen MR) is 96.3 cm³/mol. The van der Waals surface area contributed by atoms with Crippen LogP contribution in [-0.4, -0.2) is 5.97 Å². The lowest BCUT2D eigenvalue weighted by atomic mass is 10.1. The maximum Gasteiger partial charge on any atom is 0.315 e. The van der Waals surface area contributed by atoms with Crippen molar-refractivity contribution >= 4 is 48.6 Å². The molecule has 0 amide bonds. The molecule has 0 N–H and O–H groups in total. The predicted octanol–water partition coefficient (Wildman–Crippen LogP) is 5.65. The average Bonchev–Trinajstić information content (AvgIpc) is 2.99. The zero-order valence-electron chi connectivity index (χ0n) is 12.3. The zero-order chi connectivity index (χ0) is 15.9. The van der Waals surface area contributed by atoms with Crippen molar-refractivity contribution in [2.75, 3.05) is 0 Å². The van der Waals surface area contributed by atoms with Crippen LogP contribution in [-0.2, 0) is 4.79 Å². The first-order valence-electron chi connectivity index (χ1n) is 7.13. The third-order valence-corrected chi connectivity index (χ3v) is 4.96. The van der Waals surface area contributed by atoms with E-state index in [0.717, 1.165) is 14.2 Å². The summed E-state index contributed by atoms with van der Waals surface area (Å²) in [6, 6.07) is 13.7. The van der Waals surface area contributed by atoms with Crippen molar-refractivity contribution in [3.8, 4) is 5.75 Å². The Balaban J connectivity index is 1.84. The van der Waals surface area contributed by atoms with Gasteiger partial charge in [-0.15, -0.1) is 0 Å². The SMILES string of the molecule is CC1(C)[C@H](C=C(Br)Br)[C@@H]1C(=O)Oc1cccc2ccccc12. The van der Waals surface area contributed by atoms with Crippen LogP contribution in [0.1, 0.15) is 13.8 Å². The highest BCUT2D eigenvalue weighted by molar-refractivity contribution is 9.28. The van der Waals surface area contributed by atoms with E-state index in [0.29, 0.717) is 5.75 Å². The molecule has 0 aliphatic heterocycles. The van der Waals surface area contributed by atoms with E-state index in [2.05, 4.69) is 45.7 Å². The molecule has 2 atom stereocenters. The number of carbonyl (C=O) groups is 1. The summed E-state index contributed by atoms with van der Waals surface area (Å²) < 4.78 is 6.57. The third-order valence-electron chi connectivity index (χ3n) is 4.43. The van der Waals surface area contributed by atoms with Crippen LogP contribution in [0.15, 0.2) is 51.9 Å². The molecule has 114 valence electrons. The summed E-state index contributed by atoms with van der Waals surface area (Å²) in [5.74, 6) is 0.538. The van der Waals surface area contributed by atoms with Gasteiger partial charge in [-0.1, -0.05) is 56.3 Å². The van der Waals surface area contributed by atoms with Crippen molar-refractivity contribution in [1.82, 2.24) is 0 Å². The maximum atomic E-state index is 12.5. The van der Waals surface area contributed by atoms with Gasteiger partial charge >= 0.3 is 5.97 Å². The number of esters is 1. The standard InChI is InChI=1S/C18H16Br2O2/c1-18(2)13(10-15(19)20)16(18)17(21)22-14-9-5-7-11-6-3-4-8-12(11)14/h3-10,13,16H,1-2H3/t13-,16-/m1/s1. The lowest BCUT2D eigenvalue weighted by molar-refractivity contribution is -0.136. The molecule has 0 bridgehead atoms. The lowest BCUT2D eigenvalue weighted by Gasteiger charge is -2.08. The number of hydrogen-bond donors (Lipinski definition) is 0. The minimum absolute atomic E-state index is 0.0749. The molecule has 0 aromatic heterocycles. The quantitative estimate of drug-likeness (QED) is 0.471. The molecular formula is C18H16Br2O2. The second-order valence-corrected chi connectivity index (χ2v) is 8.95. The summed E-state index contributed by atoms with van der Waals surface area (Å²) >= 11 is 6.74. The van der Waals surface area contributed by atoms with E-state index in [1.807, 2.05) is 48.5 Å². The number of benzene rings is 2. The molecule has 1 saturated carbocycles. The van der Waals surface area contributed by atoms with Gasteiger partial charge in [-0.3, -0.25) is 4.79 Å². The van der Waals surface area contributed by atoms with Crippen molar-refractivity contribution < 1.29 is 9.53 Å². The van der Waals surface area contributed by atoms with Crippen LogP contribution in [0.3, 0.4) is 0 Å². The van der Waals surface area contributed by atoms with Crippen LogP contribution in [0.2, 0.25) is 0 Å². The van der Waals surface area contributed by atoms with Crippen LogP contribution >= 0.6 is 31.9 Å². The van der Waals surface area contributed by atoms with Gasteiger partial charge in [-0.05, 0) is 54.6 Å². The van der Waals surface area contributed by atoms with Crippen molar-refractivity contribution in [3.63, 3.8) is 0 Å². The summed E-state index contributed by atoms with van der Waals surface area (Å²) in [7, 11) is 0. The van der Waals surface area contributed by atoms with Crippen molar-refractivity contribution in [1.29, 1.82) is 0 Å². The Morgan fingerprint density at radius 1 is 1.14 bits per heavy atom. The number of halogens is 2. The molecule has 4 heteroatoms. The average molecular weight is 424 g/mol. The Kier molecular flexibility index (Phi) is 4.17. The lowest BCUT2D eigenvalue weighted by Crippen LogP contribution is -2.14. The van der Waals surface area contributed by atoms with Crippen molar-refractivity contribution in [3.05, 3.63) is 51.9 Å². The number of fused-ring (bicyclic) bond motifs is 1. The molecule has 1 aliphatic rings. The van der Waals surface area contributed by atoms with Gasteiger partial charge in [-0.25, -0.2) is 0 Å². The van der Waals surface area contributed by atoms with Crippen LogP contribution in [0.5, 0.6) is 5.75 Å². The van der Waals surface area contributed by atoms with E-state index in [1.54, 1.807) is 0 Å². The van der Waals surface area contributed by atoms with Gasteiger partial charge in [0.2, 0.25) is 0 Å². The Labute approximate surface area is 146 Å². The maximum absolute atomic E-state index is 12.5. The van der Waals surface area contributed by atoms with Crippen molar-refractivity contribution in [2.45, 2.75) is 13.8 Å². The number of carbonyl (C=O) groups excluding carboxylic acids is 1. The molecule has 0 spiro atoms. The molecule has 2 aromatic carbocycles. The Bertz CT molecular complexity index is 755. The van der Waals surface area contributed by atoms with Gasteiger partial charge in [0, 0.05) is 5.39 Å². The van der Waals surface area contributed by atoms with Crippen LogP contribution in [0, 0.1) is 17.3 Å². The molecule has 1 fully saturated rings. The van der Waals surface area contributed by atoms with E-state index in [1.165, 1.54) is 0 Å². The van der Waals surface area contributed by atoms with E-state index in [9.17, 15) is 4.79 Å². The van der Waals surface area contributed by atoms with E-state index in [4.69, 9.17) is 4.74 Å². The first-order chi connectivity index (χ1) is 10.4. The monoisotopic (exact) mass is 422 g/mol. The fourth-order valence-corrected chi connectivity index (χ4v) is 3.60. The number of ether oxygens (including phenoxy) is 1. The number of hydrogen-bond acceptors (Lipinski definition) is 2. The smallest absolute Gasteiger partial charge is 0.315 e.